The molecule has 0 atom stereocenters. The molecule has 1 heterocycles. The molecule has 0 amide bonds. The van der Waals surface area contributed by atoms with Gasteiger partial charge < -0.3 is 15.2 Å². The van der Waals surface area contributed by atoms with Crippen molar-refractivity contribution in [2.45, 2.75) is 0 Å². The summed E-state index contributed by atoms with van der Waals surface area (Å²) in [5.74, 6) is -0.459. The molecule has 0 saturated carbocycles. The largest absolute Gasteiger partial charge is 0.480 e. The molecule has 0 aromatic carbocycles. The Kier molecular flexibility index (Phi) is 4.79. The van der Waals surface area contributed by atoms with Crippen molar-refractivity contribution in [2.75, 3.05) is 25.1 Å². The van der Waals surface area contributed by atoms with Crippen molar-refractivity contribution >= 4 is 23.4 Å². The van der Waals surface area contributed by atoms with Crippen LogP contribution in [-0.2, 0) is 9.53 Å². The predicted octanol–water partition coefficient (Wildman–Crippen LogP) is 0.643. The van der Waals surface area contributed by atoms with Crippen LogP contribution in [0.4, 0.5) is 5.82 Å². The Balaban J connectivity index is 2.17. The van der Waals surface area contributed by atoms with Crippen LogP contribution in [0.1, 0.15) is 0 Å². The minimum absolute atomic E-state index is 0.278. The molecule has 1 aromatic heterocycles. The Bertz CT molecular complexity index is 335. The van der Waals surface area contributed by atoms with Crippen LogP contribution in [0.2, 0.25) is 5.15 Å². The van der Waals surface area contributed by atoms with Gasteiger partial charge in [0.25, 0.3) is 0 Å². The maximum atomic E-state index is 10.1. The lowest BCUT2D eigenvalue weighted by molar-refractivity contribution is -0.142. The van der Waals surface area contributed by atoms with Crippen LogP contribution < -0.4 is 5.32 Å². The molecule has 82 valence electrons. The SMILES string of the molecule is O=C(O)COCCNc1cncc(Cl)n1. The molecule has 0 aliphatic heterocycles. The van der Waals surface area contributed by atoms with Crippen molar-refractivity contribution < 1.29 is 14.6 Å². The molecule has 15 heavy (non-hydrogen) atoms. The Hall–Kier alpha value is -1.40. The Labute approximate surface area is 91.3 Å². The number of anilines is 1. The fraction of sp³-hybridized carbons (Fsp3) is 0.375. The molecule has 1 aromatic rings. The van der Waals surface area contributed by atoms with Crippen molar-refractivity contribution in [3.05, 3.63) is 17.5 Å². The first-order valence-electron chi connectivity index (χ1n) is 4.19. The quantitative estimate of drug-likeness (QED) is 0.699. The van der Waals surface area contributed by atoms with Gasteiger partial charge >= 0.3 is 5.97 Å². The molecule has 0 unspecified atom stereocenters. The molecule has 0 aliphatic rings. The van der Waals surface area contributed by atoms with E-state index in [2.05, 4.69) is 15.3 Å². The summed E-state index contributed by atoms with van der Waals surface area (Å²) in [5, 5.41) is 11.5. The second-order valence-corrected chi connectivity index (χ2v) is 2.99. The van der Waals surface area contributed by atoms with Crippen LogP contribution in [0.25, 0.3) is 0 Å². The molecule has 0 saturated heterocycles. The fourth-order valence-electron chi connectivity index (χ4n) is 0.838. The van der Waals surface area contributed by atoms with Gasteiger partial charge in [0, 0.05) is 6.54 Å². The lowest BCUT2D eigenvalue weighted by Gasteiger charge is -2.04. The van der Waals surface area contributed by atoms with E-state index in [1.54, 1.807) is 0 Å². The zero-order chi connectivity index (χ0) is 11.1. The highest BCUT2D eigenvalue weighted by atomic mass is 35.5. The van der Waals surface area contributed by atoms with E-state index in [-0.39, 0.29) is 13.2 Å². The van der Waals surface area contributed by atoms with Gasteiger partial charge in [-0.05, 0) is 0 Å². The number of halogens is 1. The molecule has 7 heteroatoms. The molecular weight excluding hydrogens is 222 g/mol. The normalized spacial score (nSPS) is 9.93. The molecule has 0 radical (unpaired) electrons. The summed E-state index contributed by atoms with van der Waals surface area (Å²) in [5.41, 5.74) is 0. The van der Waals surface area contributed by atoms with Gasteiger partial charge in [0.1, 0.15) is 17.6 Å². The third kappa shape index (κ3) is 5.14. The van der Waals surface area contributed by atoms with Crippen LogP contribution in [0, 0.1) is 0 Å². The van der Waals surface area contributed by atoms with E-state index in [9.17, 15) is 4.79 Å². The average molecular weight is 232 g/mol. The van der Waals surface area contributed by atoms with E-state index in [0.717, 1.165) is 0 Å². The molecule has 1 rings (SSSR count). The number of aliphatic carboxylic acids is 1. The highest BCUT2D eigenvalue weighted by Crippen LogP contribution is 2.05. The second kappa shape index (κ2) is 6.15. The van der Waals surface area contributed by atoms with Gasteiger partial charge in [0.2, 0.25) is 0 Å². The third-order valence-electron chi connectivity index (χ3n) is 1.38. The van der Waals surface area contributed by atoms with Crippen LogP contribution in [0.3, 0.4) is 0 Å². The first-order valence-corrected chi connectivity index (χ1v) is 4.57. The molecule has 0 aliphatic carbocycles. The highest BCUT2D eigenvalue weighted by molar-refractivity contribution is 6.29. The topological polar surface area (TPSA) is 84.3 Å². The number of carboxylic acids is 1. The molecule has 6 nitrogen and oxygen atoms in total. The average Bonchev–Trinajstić information content (AvgIpc) is 2.17. The van der Waals surface area contributed by atoms with E-state index in [1.807, 2.05) is 0 Å². The van der Waals surface area contributed by atoms with Crippen molar-refractivity contribution in [2.24, 2.45) is 0 Å². The van der Waals surface area contributed by atoms with E-state index in [0.29, 0.717) is 17.5 Å². The summed E-state index contributed by atoms with van der Waals surface area (Å²) in [6, 6.07) is 0. The minimum Gasteiger partial charge on any atom is -0.480 e. The van der Waals surface area contributed by atoms with E-state index in [4.69, 9.17) is 21.4 Å². The molecular formula is C8H10ClN3O3. The second-order valence-electron chi connectivity index (χ2n) is 2.60. The number of nitrogens with zero attached hydrogens (tertiary/aromatic N) is 2. The summed E-state index contributed by atoms with van der Waals surface area (Å²) in [6.07, 6.45) is 2.94. The number of hydrogen-bond donors (Lipinski definition) is 2. The number of carbonyl (C=O) groups is 1. The van der Waals surface area contributed by atoms with E-state index >= 15 is 0 Å². The first kappa shape index (κ1) is 11.7. The summed E-state index contributed by atoms with van der Waals surface area (Å²) < 4.78 is 4.80. The van der Waals surface area contributed by atoms with Crippen LogP contribution in [0.15, 0.2) is 12.4 Å². The first-order chi connectivity index (χ1) is 7.18. The van der Waals surface area contributed by atoms with Crippen molar-refractivity contribution in [3.8, 4) is 0 Å². The number of carboxylic acid groups (broad SMARTS) is 1. The van der Waals surface area contributed by atoms with Gasteiger partial charge in [-0.15, -0.1) is 0 Å². The number of rotatable bonds is 6. The van der Waals surface area contributed by atoms with Gasteiger partial charge in [-0.1, -0.05) is 11.6 Å². The lowest BCUT2D eigenvalue weighted by Crippen LogP contribution is -2.14. The van der Waals surface area contributed by atoms with Crippen molar-refractivity contribution in [3.63, 3.8) is 0 Å². The van der Waals surface area contributed by atoms with Crippen molar-refractivity contribution in [1.29, 1.82) is 0 Å². The minimum atomic E-state index is -0.988. The predicted molar refractivity (Wildman–Crippen MR) is 54.0 cm³/mol. The van der Waals surface area contributed by atoms with Crippen LogP contribution in [-0.4, -0.2) is 40.8 Å². The Morgan fingerprint density at radius 3 is 3.07 bits per heavy atom. The molecule has 0 bridgehead atoms. The maximum Gasteiger partial charge on any atom is 0.329 e. The number of nitrogens with one attached hydrogen (secondary N) is 1. The lowest BCUT2D eigenvalue weighted by atomic mass is 10.6. The van der Waals surface area contributed by atoms with E-state index in [1.165, 1.54) is 12.4 Å². The van der Waals surface area contributed by atoms with Crippen LogP contribution in [0.5, 0.6) is 0 Å². The summed E-state index contributed by atoms with van der Waals surface area (Å²) >= 11 is 5.60. The van der Waals surface area contributed by atoms with E-state index < -0.39 is 5.97 Å². The third-order valence-corrected chi connectivity index (χ3v) is 1.57. The monoisotopic (exact) mass is 231 g/mol. The van der Waals surface area contributed by atoms with Gasteiger partial charge in [0.05, 0.1) is 19.0 Å². The summed E-state index contributed by atoms with van der Waals surface area (Å²) in [6.45, 7) is 0.422. The Morgan fingerprint density at radius 1 is 1.60 bits per heavy atom. The van der Waals surface area contributed by atoms with Gasteiger partial charge in [-0.2, -0.15) is 0 Å². The van der Waals surface area contributed by atoms with Gasteiger partial charge in [0.15, 0.2) is 0 Å². The van der Waals surface area contributed by atoms with Gasteiger partial charge in [-0.25, -0.2) is 9.78 Å². The summed E-state index contributed by atoms with van der Waals surface area (Å²) in [7, 11) is 0. The number of hydrogen-bond acceptors (Lipinski definition) is 5. The smallest absolute Gasteiger partial charge is 0.329 e. The standard InChI is InChI=1S/C8H10ClN3O3/c9-6-3-10-4-7(12-6)11-1-2-15-5-8(13)14/h3-4H,1-2,5H2,(H,11,12)(H,13,14). The fourth-order valence-corrected chi connectivity index (χ4v) is 0.985. The highest BCUT2D eigenvalue weighted by Gasteiger charge is 1.97. The van der Waals surface area contributed by atoms with Crippen LogP contribution >= 0.6 is 11.6 Å². The zero-order valence-corrected chi connectivity index (χ0v) is 8.57. The molecule has 0 spiro atoms. The number of aromatic nitrogens is 2. The summed E-state index contributed by atoms with van der Waals surface area (Å²) in [4.78, 5) is 17.8. The number of ether oxygens (including phenoxy) is 1. The maximum absolute atomic E-state index is 10.1. The zero-order valence-electron chi connectivity index (χ0n) is 7.81. The molecule has 0 fully saturated rings. The molecule has 2 N–H and O–H groups in total. The Morgan fingerprint density at radius 2 is 2.40 bits per heavy atom. The van der Waals surface area contributed by atoms with Crippen molar-refractivity contribution in [1.82, 2.24) is 9.97 Å². The van der Waals surface area contributed by atoms with Gasteiger partial charge in [-0.3, -0.25) is 4.98 Å².